The van der Waals surface area contributed by atoms with Crippen molar-refractivity contribution in [2.75, 3.05) is 27.4 Å². The van der Waals surface area contributed by atoms with Gasteiger partial charge in [-0.2, -0.15) is 0 Å². The van der Waals surface area contributed by atoms with Crippen LogP contribution in [0.3, 0.4) is 0 Å². The van der Waals surface area contributed by atoms with Gasteiger partial charge < -0.3 is 18.9 Å². The number of nitrogens with one attached hydrogen (secondary N) is 1. The highest BCUT2D eigenvalue weighted by Gasteiger charge is 2.48. The monoisotopic (exact) mass is 391 g/mol. The van der Waals surface area contributed by atoms with Crippen LogP contribution in [0.5, 0.6) is 23.0 Å². The van der Waals surface area contributed by atoms with E-state index in [1.165, 1.54) is 12.1 Å². The highest BCUT2D eigenvalue weighted by Crippen LogP contribution is 2.48. The average molecular weight is 391 g/mol. The van der Waals surface area contributed by atoms with Crippen molar-refractivity contribution in [3.63, 3.8) is 0 Å². The number of hydrogen-bond acceptors (Lipinski definition) is 6. The van der Waals surface area contributed by atoms with Gasteiger partial charge in [-0.3, -0.25) is 0 Å². The summed E-state index contributed by atoms with van der Waals surface area (Å²) in [6.45, 7) is 0.860. The molecule has 0 amide bonds. The minimum absolute atomic E-state index is 0.151. The van der Waals surface area contributed by atoms with Crippen LogP contribution in [0.2, 0.25) is 0 Å². The van der Waals surface area contributed by atoms with Crippen molar-refractivity contribution in [1.29, 1.82) is 0 Å². The number of rotatable bonds is 6. The summed E-state index contributed by atoms with van der Waals surface area (Å²) in [6.07, 6.45) is 1.43. The first-order valence-corrected chi connectivity index (χ1v) is 10.1. The van der Waals surface area contributed by atoms with Crippen LogP contribution in [0.25, 0.3) is 0 Å². The molecule has 0 radical (unpaired) electrons. The van der Waals surface area contributed by atoms with Gasteiger partial charge in [0.15, 0.2) is 23.0 Å². The Hall–Kier alpha value is -2.45. The van der Waals surface area contributed by atoms with Crippen LogP contribution in [0.1, 0.15) is 18.4 Å². The lowest BCUT2D eigenvalue weighted by atomic mass is 10.1. The third-order valence-electron chi connectivity index (χ3n) is 4.84. The molecule has 4 rings (SSSR count). The van der Waals surface area contributed by atoms with E-state index in [2.05, 4.69) is 4.72 Å². The van der Waals surface area contributed by atoms with Crippen LogP contribution in [-0.2, 0) is 15.6 Å². The molecule has 27 heavy (non-hydrogen) atoms. The quantitative estimate of drug-likeness (QED) is 0.814. The molecule has 0 saturated heterocycles. The Bertz CT molecular complexity index is 968. The third-order valence-corrected chi connectivity index (χ3v) is 6.37. The highest BCUT2D eigenvalue weighted by atomic mass is 32.2. The van der Waals surface area contributed by atoms with E-state index in [0.29, 0.717) is 49.1 Å². The first-order valence-electron chi connectivity index (χ1n) is 8.64. The molecule has 8 heteroatoms. The molecule has 0 unspecified atom stereocenters. The number of methoxy groups -OCH3 is 2. The summed E-state index contributed by atoms with van der Waals surface area (Å²) in [5.41, 5.74) is 0.215. The van der Waals surface area contributed by atoms with E-state index in [1.807, 2.05) is 12.1 Å². The molecule has 1 aliphatic carbocycles. The Balaban J connectivity index is 1.63. The van der Waals surface area contributed by atoms with Crippen LogP contribution >= 0.6 is 0 Å². The minimum atomic E-state index is -3.73. The zero-order valence-electron chi connectivity index (χ0n) is 15.2. The lowest BCUT2D eigenvalue weighted by Gasteiger charge is -2.21. The average Bonchev–Trinajstić information content (AvgIpc) is 3.46. The van der Waals surface area contributed by atoms with Gasteiger partial charge in [0.1, 0.15) is 13.2 Å². The van der Waals surface area contributed by atoms with Crippen LogP contribution in [0.15, 0.2) is 41.3 Å². The molecular weight excluding hydrogens is 370 g/mol. The maximum atomic E-state index is 13.0. The summed E-state index contributed by atoms with van der Waals surface area (Å²) < 4.78 is 50.3. The minimum Gasteiger partial charge on any atom is -0.493 e. The number of hydrogen-bond donors (Lipinski definition) is 1. The molecule has 1 heterocycles. The Morgan fingerprint density at radius 1 is 0.926 bits per heavy atom. The predicted molar refractivity (Wildman–Crippen MR) is 98.2 cm³/mol. The summed E-state index contributed by atoms with van der Waals surface area (Å²) in [7, 11) is -0.609. The van der Waals surface area contributed by atoms with Crippen LogP contribution in [-0.4, -0.2) is 35.9 Å². The van der Waals surface area contributed by atoms with Gasteiger partial charge in [0.25, 0.3) is 0 Å². The Morgan fingerprint density at radius 3 is 2.30 bits per heavy atom. The molecule has 2 aromatic carbocycles. The summed E-state index contributed by atoms with van der Waals surface area (Å²) in [4.78, 5) is 0.151. The number of fused-ring (bicyclic) bond motifs is 1. The second-order valence-electron chi connectivity index (χ2n) is 6.56. The summed E-state index contributed by atoms with van der Waals surface area (Å²) >= 11 is 0. The van der Waals surface area contributed by atoms with Crippen LogP contribution < -0.4 is 23.7 Å². The van der Waals surface area contributed by atoms with Crippen LogP contribution in [0, 0.1) is 0 Å². The normalized spacial score (nSPS) is 17.3. The number of sulfonamides is 1. The van der Waals surface area contributed by atoms with Gasteiger partial charge in [-0.05, 0) is 42.7 Å². The molecule has 1 saturated carbocycles. The Kier molecular flexibility index (Phi) is 4.39. The molecular formula is C19H21NO6S. The fourth-order valence-corrected chi connectivity index (χ4v) is 4.68. The molecule has 1 aliphatic heterocycles. The van der Waals surface area contributed by atoms with Crippen molar-refractivity contribution in [3.05, 3.63) is 42.0 Å². The lowest BCUT2D eigenvalue weighted by molar-refractivity contribution is 0.171. The van der Waals surface area contributed by atoms with Crippen molar-refractivity contribution in [1.82, 2.24) is 4.72 Å². The third kappa shape index (κ3) is 3.30. The zero-order valence-corrected chi connectivity index (χ0v) is 16.0. The van der Waals surface area contributed by atoms with Crippen molar-refractivity contribution in [2.24, 2.45) is 0 Å². The molecule has 0 atom stereocenters. The van der Waals surface area contributed by atoms with Gasteiger partial charge in [-0.25, -0.2) is 13.1 Å². The molecule has 1 fully saturated rings. The van der Waals surface area contributed by atoms with Gasteiger partial charge in [0.2, 0.25) is 10.0 Å². The van der Waals surface area contributed by atoms with E-state index in [0.717, 1.165) is 5.56 Å². The van der Waals surface area contributed by atoms with Gasteiger partial charge in [-0.1, -0.05) is 6.07 Å². The number of ether oxygens (including phenoxy) is 4. The Morgan fingerprint density at radius 2 is 1.63 bits per heavy atom. The molecule has 7 nitrogen and oxygen atoms in total. The molecule has 0 aromatic heterocycles. The largest absolute Gasteiger partial charge is 0.493 e. The van der Waals surface area contributed by atoms with E-state index < -0.39 is 15.6 Å². The molecule has 1 N–H and O–H groups in total. The molecule has 0 bridgehead atoms. The second kappa shape index (κ2) is 6.61. The van der Waals surface area contributed by atoms with Gasteiger partial charge in [0.05, 0.1) is 24.7 Å². The maximum Gasteiger partial charge on any atom is 0.241 e. The predicted octanol–water partition coefficient (Wildman–Crippen LogP) is 2.44. The maximum absolute atomic E-state index is 13.0. The molecule has 0 spiro atoms. The molecule has 144 valence electrons. The topological polar surface area (TPSA) is 83.1 Å². The smallest absolute Gasteiger partial charge is 0.241 e. The van der Waals surface area contributed by atoms with Crippen molar-refractivity contribution < 1.29 is 27.4 Å². The summed E-state index contributed by atoms with van der Waals surface area (Å²) in [5.74, 6) is 2.17. The Labute approximate surface area is 158 Å². The SMILES string of the molecule is COc1ccc(C2(NS(=O)(=O)c3ccc4c(c3)OCCO4)CC2)cc1OC. The van der Waals surface area contributed by atoms with Crippen molar-refractivity contribution >= 4 is 10.0 Å². The van der Waals surface area contributed by atoms with Gasteiger partial charge >= 0.3 is 0 Å². The standard InChI is InChI=1S/C19H21NO6S/c1-23-15-5-3-13(11-17(15)24-2)19(7-8-19)20-27(21,22)14-4-6-16-18(12-14)26-10-9-25-16/h3-6,11-12,20H,7-10H2,1-2H3. The van der Waals surface area contributed by atoms with E-state index in [4.69, 9.17) is 18.9 Å². The van der Waals surface area contributed by atoms with Crippen molar-refractivity contribution in [3.8, 4) is 23.0 Å². The van der Waals surface area contributed by atoms with E-state index >= 15 is 0 Å². The lowest BCUT2D eigenvalue weighted by Crippen LogP contribution is -2.35. The van der Waals surface area contributed by atoms with E-state index in [9.17, 15) is 8.42 Å². The summed E-state index contributed by atoms with van der Waals surface area (Å²) in [5, 5.41) is 0. The zero-order chi connectivity index (χ0) is 19.1. The second-order valence-corrected chi connectivity index (χ2v) is 8.25. The first-order chi connectivity index (χ1) is 13.0. The number of benzene rings is 2. The summed E-state index contributed by atoms with van der Waals surface area (Å²) in [6, 6.07) is 10.1. The van der Waals surface area contributed by atoms with Crippen molar-refractivity contribution in [2.45, 2.75) is 23.3 Å². The fraction of sp³-hybridized carbons (Fsp3) is 0.368. The fourth-order valence-electron chi connectivity index (χ4n) is 3.22. The van der Waals surface area contributed by atoms with Crippen LogP contribution in [0.4, 0.5) is 0 Å². The van der Waals surface area contributed by atoms with Gasteiger partial charge in [0, 0.05) is 6.07 Å². The highest BCUT2D eigenvalue weighted by molar-refractivity contribution is 7.89. The molecule has 2 aliphatic rings. The van der Waals surface area contributed by atoms with E-state index in [1.54, 1.807) is 26.4 Å². The van der Waals surface area contributed by atoms with Gasteiger partial charge in [-0.15, -0.1) is 0 Å². The van der Waals surface area contributed by atoms with E-state index in [-0.39, 0.29) is 4.90 Å². The first kappa shape index (κ1) is 17.9. The molecule has 2 aromatic rings.